The third kappa shape index (κ3) is 3.22. The molecule has 0 unspecified atom stereocenters. The average Bonchev–Trinajstić information content (AvgIpc) is 2.41. The lowest BCUT2D eigenvalue weighted by molar-refractivity contribution is 0.146. The molecule has 0 atom stereocenters. The molecule has 1 aliphatic heterocycles. The zero-order valence-corrected chi connectivity index (χ0v) is 11.4. The Labute approximate surface area is 112 Å². The first-order chi connectivity index (χ1) is 9.13. The lowest BCUT2D eigenvalue weighted by Crippen LogP contribution is -2.43. The largest absolute Gasteiger partial charge is 0.496 e. The maximum Gasteiger partial charge on any atom is 0.267 e. The molecule has 1 N–H and O–H groups in total. The van der Waals surface area contributed by atoms with E-state index in [0.29, 0.717) is 12.3 Å². The summed E-state index contributed by atoms with van der Waals surface area (Å²) >= 11 is 0. The summed E-state index contributed by atoms with van der Waals surface area (Å²) in [4.78, 5) is 2.26. The molecule has 0 aliphatic carbocycles. The van der Waals surface area contributed by atoms with Crippen LogP contribution in [-0.2, 0) is 6.54 Å². The first-order valence-corrected chi connectivity index (χ1v) is 6.51. The molecule has 1 aliphatic rings. The predicted molar refractivity (Wildman–Crippen MR) is 70.8 cm³/mol. The smallest absolute Gasteiger partial charge is 0.267 e. The van der Waals surface area contributed by atoms with Gasteiger partial charge in [-0.3, -0.25) is 4.90 Å². The second kappa shape index (κ2) is 6.30. The van der Waals surface area contributed by atoms with Gasteiger partial charge in [0.15, 0.2) is 0 Å². The van der Waals surface area contributed by atoms with Crippen LogP contribution >= 0.6 is 0 Å². The van der Waals surface area contributed by atoms with Crippen molar-refractivity contribution in [3.63, 3.8) is 0 Å². The van der Waals surface area contributed by atoms with Crippen LogP contribution in [0.2, 0.25) is 0 Å². The molecule has 0 saturated carbocycles. The van der Waals surface area contributed by atoms with E-state index in [-0.39, 0.29) is 5.56 Å². The Kier molecular flexibility index (Phi) is 4.71. The summed E-state index contributed by atoms with van der Waals surface area (Å²) in [5, 5.41) is 3.28. The number of hydrogen-bond acceptors (Lipinski definition) is 3. The normalized spacial score (nSPS) is 16.9. The summed E-state index contributed by atoms with van der Waals surface area (Å²) in [5.74, 6) is 0.341. The third-order valence-electron chi connectivity index (χ3n) is 3.56. The topological polar surface area (TPSA) is 24.5 Å². The van der Waals surface area contributed by atoms with Crippen LogP contribution in [0.15, 0.2) is 12.1 Å². The Hall–Kier alpha value is -1.20. The van der Waals surface area contributed by atoms with Gasteiger partial charge in [0.05, 0.1) is 12.7 Å². The number of rotatable bonds is 4. The summed E-state index contributed by atoms with van der Waals surface area (Å²) in [7, 11) is 1.46. The molecule has 0 radical (unpaired) electrons. The summed E-state index contributed by atoms with van der Waals surface area (Å²) in [6, 6.07) is 3.21. The van der Waals surface area contributed by atoms with Gasteiger partial charge in [0, 0.05) is 38.3 Å². The van der Waals surface area contributed by atoms with Crippen LogP contribution in [0.1, 0.15) is 23.1 Å². The molecule has 1 fully saturated rings. The van der Waals surface area contributed by atoms with Crippen LogP contribution in [0.3, 0.4) is 0 Å². The Morgan fingerprint density at radius 3 is 2.58 bits per heavy atom. The number of aryl methyl sites for hydroxylation is 1. The lowest BCUT2D eigenvalue weighted by Gasteiger charge is -2.28. The first-order valence-electron chi connectivity index (χ1n) is 6.51. The minimum absolute atomic E-state index is 0.0155. The van der Waals surface area contributed by atoms with E-state index in [9.17, 15) is 8.78 Å². The maximum atomic E-state index is 13.0. The minimum atomic E-state index is -2.50. The van der Waals surface area contributed by atoms with Crippen LogP contribution in [0, 0.1) is 6.92 Å². The molecule has 1 aromatic rings. The molecule has 2 rings (SSSR count). The molecule has 1 aromatic carbocycles. The minimum Gasteiger partial charge on any atom is -0.496 e. The molecule has 0 amide bonds. The van der Waals surface area contributed by atoms with Crippen molar-refractivity contribution >= 4 is 0 Å². The average molecular weight is 270 g/mol. The number of alkyl halides is 2. The summed E-state index contributed by atoms with van der Waals surface area (Å²) in [6.07, 6.45) is -2.50. The van der Waals surface area contributed by atoms with Crippen molar-refractivity contribution in [2.75, 3.05) is 33.3 Å². The molecule has 3 nitrogen and oxygen atoms in total. The van der Waals surface area contributed by atoms with E-state index >= 15 is 0 Å². The standard InChI is InChI=1S/C14H20F2N2O/c1-10-3-4-11(14(15)16)13(19-2)12(10)9-18-7-5-17-6-8-18/h3-4,14,17H,5-9H2,1-2H3. The number of ether oxygens (including phenoxy) is 1. The number of halogens is 2. The summed E-state index contributed by atoms with van der Waals surface area (Å²) in [5.41, 5.74) is 1.86. The molecular weight excluding hydrogens is 250 g/mol. The SMILES string of the molecule is COc1c(C(F)F)ccc(C)c1CN1CCNCC1. The lowest BCUT2D eigenvalue weighted by atomic mass is 10.0. The van der Waals surface area contributed by atoms with Gasteiger partial charge in [0.25, 0.3) is 6.43 Å². The monoisotopic (exact) mass is 270 g/mol. The zero-order chi connectivity index (χ0) is 13.8. The van der Waals surface area contributed by atoms with Crippen molar-refractivity contribution in [2.24, 2.45) is 0 Å². The third-order valence-corrected chi connectivity index (χ3v) is 3.56. The van der Waals surface area contributed by atoms with Crippen LogP contribution in [0.25, 0.3) is 0 Å². The molecule has 0 aromatic heterocycles. The molecule has 1 saturated heterocycles. The molecule has 19 heavy (non-hydrogen) atoms. The number of methoxy groups -OCH3 is 1. The quantitative estimate of drug-likeness (QED) is 0.909. The van der Waals surface area contributed by atoms with Crippen LogP contribution < -0.4 is 10.1 Å². The fraction of sp³-hybridized carbons (Fsp3) is 0.571. The molecule has 0 spiro atoms. The number of nitrogens with zero attached hydrogens (tertiary/aromatic N) is 1. The van der Waals surface area contributed by atoms with E-state index in [1.165, 1.54) is 13.2 Å². The summed E-state index contributed by atoms with van der Waals surface area (Å²) < 4.78 is 31.2. The highest BCUT2D eigenvalue weighted by Gasteiger charge is 2.21. The second-order valence-corrected chi connectivity index (χ2v) is 4.81. The van der Waals surface area contributed by atoms with Gasteiger partial charge < -0.3 is 10.1 Å². The molecule has 0 bridgehead atoms. The highest BCUT2D eigenvalue weighted by molar-refractivity contribution is 5.46. The van der Waals surface area contributed by atoms with Gasteiger partial charge in [-0.2, -0.15) is 0 Å². The highest BCUT2D eigenvalue weighted by Crippen LogP contribution is 2.34. The maximum absolute atomic E-state index is 13.0. The van der Waals surface area contributed by atoms with Gasteiger partial charge in [-0.25, -0.2) is 8.78 Å². The Morgan fingerprint density at radius 2 is 2.00 bits per heavy atom. The van der Waals surface area contributed by atoms with Gasteiger partial charge in [0.1, 0.15) is 5.75 Å². The van der Waals surface area contributed by atoms with Gasteiger partial charge in [-0.05, 0) is 18.6 Å². The number of piperazine rings is 1. The second-order valence-electron chi connectivity index (χ2n) is 4.81. The molecular formula is C14H20F2N2O. The van der Waals surface area contributed by atoms with Crippen molar-refractivity contribution < 1.29 is 13.5 Å². The molecule has 106 valence electrons. The van der Waals surface area contributed by atoms with E-state index in [1.807, 2.05) is 6.92 Å². The van der Waals surface area contributed by atoms with Crippen LogP contribution in [0.4, 0.5) is 8.78 Å². The predicted octanol–water partition coefficient (Wildman–Crippen LogP) is 2.35. The van der Waals surface area contributed by atoms with Crippen LogP contribution in [0.5, 0.6) is 5.75 Å². The van der Waals surface area contributed by atoms with Gasteiger partial charge in [-0.15, -0.1) is 0 Å². The molecule has 1 heterocycles. The number of benzene rings is 1. The fourth-order valence-electron chi connectivity index (χ4n) is 2.45. The zero-order valence-electron chi connectivity index (χ0n) is 11.4. The van der Waals surface area contributed by atoms with E-state index < -0.39 is 6.43 Å². The first kappa shape index (κ1) is 14.2. The fourth-order valence-corrected chi connectivity index (χ4v) is 2.45. The van der Waals surface area contributed by atoms with Gasteiger partial charge in [0.2, 0.25) is 0 Å². The van der Waals surface area contributed by atoms with E-state index in [2.05, 4.69) is 10.2 Å². The van der Waals surface area contributed by atoms with Crippen molar-refractivity contribution in [1.82, 2.24) is 10.2 Å². The van der Waals surface area contributed by atoms with Crippen LogP contribution in [-0.4, -0.2) is 38.2 Å². The van der Waals surface area contributed by atoms with E-state index in [0.717, 1.165) is 37.3 Å². The van der Waals surface area contributed by atoms with Gasteiger partial charge >= 0.3 is 0 Å². The van der Waals surface area contributed by atoms with Crippen molar-refractivity contribution in [3.05, 3.63) is 28.8 Å². The molecule has 5 heteroatoms. The van der Waals surface area contributed by atoms with Crippen molar-refractivity contribution in [3.8, 4) is 5.75 Å². The number of hydrogen-bond donors (Lipinski definition) is 1. The van der Waals surface area contributed by atoms with E-state index in [4.69, 9.17) is 4.74 Å². The van der Waals surface area contributed by atoms with Crippen molar-refractivity contribution in [1.29, 1.82) is 0 Å². The highest BCUT2D eigenvalue weighted by atomic mass is 19.3. The van der Waals surface area contributed by atoms with Crippen molar-refractivity contribution in [2.45, 2.75) is 19.9 Å². The Morgan fingerprint density at radius 1 is 1.32 bits per heavy atom. The Balaban J connectivity index is 2.28. The Bertz CT molecular complexity index is 432. The van der Waals surface area contributed by atoms with Gasteiger partial charge in [-0.1, -0.05) is 6.07 Å². The summed E-state index contributed by atoms with van der Waals surface area (Å²) in [6.45, 7) is 6.35. The number of nitrogens with one attached hydrogen (secondary N) is 1. The van der Waals surface area contributed by atoms with E-state index in [1.54, 1.807) is 6.07 Å².